The van der Waals surface area contributed by atoms with E-state index in [4.69, 9.17) is 4.52 Å². The summed E-state index contributed by atoms with van der Waals surface area (Å²) in [6.45, 7) is 3.99. The molecule has 0 saturated carbocycles. The first-order chi connectivity index (χ1) is 15.0. The van der Waals surface area contributed by atoms with Crippen molar-refractivity contribution in [3.63, 3.8) is 0 Å². The SMILES string of the molecule is CC(C)c1cccc(NC(=O)CN2N=C(c3nc(-c4ccccc4)no3)CCC2=O)c1. The van der Waals surface area contributed by atoms with Gasteiger partial charge in [0.15, 0.2) is 0 Å². The summed E-state index contributed by atoms with van der Waals surface area (Å²) in [7, 11) is 0. The Bertz CT molecular complexity index is 1120. The summed E-state index contributed by atoms with van der Waals surface area (Å²) in [6.07, 6.45) is 0.599. The highest BCUT2D eigenvalue weighted by molar-refractivity contribution is 6.02. The molecule has 0 spiro atoms. The second-order valence-corrected chi connectivity index (χ2v) is 7.62. The highest BCUT2D eigenvalue weighted by atomic mass is 16.5. The van der Waals surface area contributed by atoms with E-state index in [1.807, 2.05) is 54.6 Å². The Balaban J connectivity index is 1.46. The number of benzene rings is 2. The molecule has 1 aliphatic rings. The zero-order valence-electron chi connectivity index (χ0n) is 17.4. The van der Waals surface area contributed by atoms with Gasteiger partial charge in [0, 0.05) is 24.1 Å². The average Bonchev–Trinajstić information content (AvgIpc) is 3.26. The molecule has 8 nitrogen and oxygen atoms in total. The minimum absolute atomic E-state index is 0.187. The molecule has 2 heterocycles. The molecule has 0 radical (unpaired) electrons. The summed E-state index contributed by atoms with van der Waals surface area (Å²) in [5.74, 6) is 0.501. The van der Waals surface area contributed by atoms with Crippen molar-refractivity contribution in [1.82, 2.24) is 15.1 Å². The van der Waals surface area contributed by atoms with Crippen LogP contribution in [0.5, 0.6) is 0 Å². The number of anilines is 1. The van der Waals surface area contributed by atoms with Gasteiger partial charge in [-0.05, 0) is 23.6 Å². The molecule has 3 aromatic rings. The van der Waals surface area contributed by atoms with Crippen LogP contribution in [-0.2, 0) is 9.59 Å². The number of nitrogens with zero attached hydrogens (tertiary/aromatic N) is 4. The Morgan fingerprint density at radius 1 is 1.13 bits per heavy atom. The Kier molecular flexibility index (Phi) is 5.88. The number of hydrogen-bond acceptors (Lipinski definition) is 6. The number of carbonyl (C=O) groups excluding carboxylic acids is 2. The maximum atomic E-state index is 12.5. The predicted octanol–water partition coefficient (Wildman–Crippen LogP) is 3.83. The van der Waals surface area contributed by atoms with E-state index in [-0.39, 0.29) is 30.7 Å². The molecule has 2 aromatic carbocycles. The van der Waals surface area contributed by atoms with Gasteiger partial charge in [-0.25, -0.2) is 5.01 Å². The molecule has 1 aromatic heterocycles. The Hall–Kier alpha value is -3.81. The van der Waals surface area contributed by atoms with Crippen LogP contribution in [0.3, 0.4) is 0 Å². The fourth-order valence-electron chi connectivity index (χ4n) is 3.24. The zero-order chi connectivity index (χ0) is 21.8. The summed E-state index contributed by atoms with van der Waals surface area (Å²) < 4.78 is 5.35. The van der Waals surface area contributed by atoms with Gasteiger partial charge >= 0.3 is 0 Å². The molecule has 4 rings (SSSR count). The lowest BCUT2D eigenvalue weighted by Crippen LogP contribution is -2.38. The summed E-state index contributed by atoms with van der Waals surface area (Å²) >= 11 is 0. The number of hydrazone groups is 1. The average molecular weight is 417 g/mol. The third-order valence-corrected chi connectivity index (χ3v) is 4.94. The summed E-state index contributed by atoms with van der Waals surface area (Å²) in [4.78, 5) is 29.2. The molecule has 1 N–H and O–H groups in total. The van der Waals surface area contributed by atoms with Crippen molar-refractivity contribution >= 4 is 23.2 Å². The van der Waals surface area contributed by atoms with E-state index in [9.17, 15) is 9.59 Å². The van der Waals surface area contributed by atoms with Crippen LogP contribution in [0.25, 0.3) is 11.4 Å². The van der Waals surface area contributed by atoms with Crippen molar-refractivity contribution in [3.05, 3.63) is 66.1 Å². The molecule has 31 heavy (non-hydrogen) atoms. The van der Waals surface area contributed by atoms with E-state index in [2.05, 4.69) is 34.4 Å². The van der Waals surface area contributed by atoms with Crippen LogP contribution in [-0.4, -0.2) is 39.2 Å². The molecule has 0 saturated heterocycles. The highest BCUT2D eigenvalue weighted by Gasteiger charge is 2.26. The van der Waals surface area contributed by atoms with Crippen LogP contribution in [0.1, 0.15) is 44.1 Å². The molecule has 0 atom stereocenters. The van der Waals surface area contributed by atoms with Crippen molar-refractivity contribution < 1.29 is 14.1 Å². The minimum atomic E-state index is -0.324. The molecule has 0 aliphatic carbocycles. The van der Waals surface area contributed by atoms with E-state index in [1.165, 1.54) is 0 Å². The van der Waals surface area contributed by atoms with Gasteiger partial charge in [-0.15, -0.1) is 0 Å². The van der Waals surface area contributed by atoms with E-state index in [1.54, 1.807) is 0 Å². The molecule has 0 fully saturated rings. The Morgan fingerprint density at radius 3 is 2.71 bits per heavy atom. The van der Waals surface area contributed by atoms with Gasteiger partial charge in [-0.2, -0.15) is 10.1 Å². The summed E-state index contributed by atoms with van der Waals surface area (Å²) in [6, 6.07) is 17.1. The zero-order valence-corrected chi connectivity index (χ0v) is 17.4. The maximum Gasteiger partial charge on any atom is 0.274 e. The van der Waals surface area contributed by atoms with Gasteiger partial charge in [0.2, 0.25) is 17.6 Å². The number of amides is 2. The Morgan fingerprint density at radius 2 is 1.94 bits per heavy atom. The van der Waals surface area contributed by atoms with Gasteiger partial charge in [-0.3, -0.25) is 9.59 Å². The molecule has 0 bridgehead atoms. The highest BCUT2D eigenvalue weighted by Crippen LogP contribution is 2.20. The Labute approximate surface area is 180 Å². The normalized spacial score (nSPS) is 14.0. The van der Waals surface area contributed by atoms with Crippen molar-refractivity contribution in [3.8, 4) is 11.4 Å². The first kappa shape index (κ1) is 20.5. The summed E-state index contributed by atoms with van der Waals surface area (Å²) in [5.41, 5.74) is 3.13. The summed E-state index contributed by atoms with van der Waals surface area (Å²) in [5, 5.41) is 12.3. The largest absolute Gasteiger partial charge is 0.332 e. The van der Waals surface area contributed by atoms with Gasteiger partial charge < -0.3 is 9.84 Å². The first-order valence-corrected chi connectivity index (χ1v) is 10.2. The van der Waals surface area contributed by atoms with Crippen molar-refractivity contribution in [2.45, 2.75) is 32.6 Å². The lowest BCUT2D eigenvalue weighted by Gasteiger charge is -2.21. The minimum Gasteiger partial charge on any atom is -0.332 e. The topological polar surface area (TPSA) is 101 Å². The van der Waals surface area contributed by atoms with Crippen LogP contribution in [0.15, 0.2) is 64.2 Å². The van der Waals surface area contributed by atoms with Crippen molar-refractivity contribution in [1.29, 1.82) is 0 Å². The van der Waals surface area contributed by atoms with Crippen molar-refractivity contribution in [2.75, 3.05) is 11.9 Å². The number of carbonyl (C=O) groups is 2. The maximum absolute atomic E-state index is 12.5. The van der Waals surface area contributed by atoms with E-state index in [0.717, 1.165) is 16.1 Å². The number of hydrogen-bond donors (Lipinski definition) is 1. The fraction of sp³-hybridized carbons (Fsp3) is 0.261. The van der Waals surface area contributed by atoms with Crippen LogP contribution in [0.4, 0.5) is 5.69 Å². The van der Waals surface area contributed by atoms with Gasteiger partial charge in [0.1, 0.15) is 12.3 Å². The molecule has 8 heteroatoms. The van der Waals surface area contributed by atoms with E-state index < -0.39 is 0 Å². The van der Waals surface area contributed by atoms with Gasteiger partial charge in [-0.1, -0.05) is 61.5 Å². The van der Waals surface area contributed by atoms with Crippen molar-refractivity contribution in [2.24, 2.45) is 5.10 Å². The number of aromatic nitrogens is 2. The lowest BCUT2D eigenvalue weighted by atomic mass is 10.0. The van der Waals surface area contributed by atoms with Crippen LogP contribution in [0, 0.1) is 0 Å². The number of nitrogens with one attached hydrogen (secondary N) is 1. The lowest BCUT2D eigenvalue weighted by molar-refractivity contribution is -0.135. The van der Waals surface area contributed by atoms with Gasteiger partial charge in [0.05, 0.1) is 0 Å². The first-order valence-electron chi connectivity index (χ1n) is 10.2. The second-order valence-electron chi connectivity index (χ2n) is 7.62. The fourth-order valence-corrected chi connectivity index (χ4v) is 3.24. The number of rotatable bonds is 6. The monoisotopic (exact) mass is 417 g/mol. The smallest absolute Gasteiger partial charge is 0.274 e. The molecular formula is C23H23N5O3. The van der Waals surface area contributed by atoms with Crippen LogP contribution >= 0.6 is 0 Å². The van der Waals surface area contributed by atoms with E-state index in [0.29, 0.717) is 29.6 Å². The second kappa shape index (κ2) is 8.91. The molecule has 158 valence electrons. The molecular weight excluding hydrogens is 394 g/mol. The third-order valence-electron chi connectivity index (χ3n) is 4.94. The molecule has 0 unspecified atom stereocenters. The molecule has 2 amide bonds. The predicted molar refractivity (Wildman–Crippen MR) is 116 cm³/mol. The van der Waals surface area contributed by atoms with Gasteiger partial charge in [0.25, 0.3) is 5.89 Å². The van der Waals surface area contributed by atoms with Crippen LogP contribution in [0.2, 0.25) is 0 Å². The standard InChI is InChI=1S/C23H23N5O3/c1-15(2)17-9-6-10-18(13-17)24-20(29)14-28-21(30)12-11-19(26-28)23-25-22(27-31-23)16-7-4-3-5-8-16/h3-10,13,15H,11-12,14H2,1-2H3,(H,24,29). The quantitative estimate of drug-likeness (QED) is 0.657. The van der Waals surface area contributed by atoms with Crippen LogP contribution < -0.4 is 5.32 Å². The molecule has 1 aliphatic heterocycles. The van der Waals surface area contributed by atoms with E-state index >= 15 is 0 Å². The third kappa shape index (κ3) is 4.85.